The van der Waals surface area contributed by atoms with Gasteiger partial charge in [0.05, 0.1) is 23.7 Å². The van der Waals surface area contributed by atoms with Gasteiger partial charge in [-0.15, -0.1) is 0 Å². The summed E-state index contributed by atoms with van der Waals surface area (Å²) in [6.45, 7) is 15.5. The predicted molar refractivity (Wildman–Crippen MR) is 135 cm³/mol. The van der Waals surface area contributed by atoms with Crippen LogP contribution in [0.3, 0.4) is 0 Å². The predicted octanol–water partition coefficient (Wildman–Crippen LogP) is 5.03. The number of aliphatic hydroxyl groups excluding tert-OH is 3. The fourth-order valence-electron chi connectivity index (χ4n) is 10.8. The zero-order valence-electron chi connectivity index (χ0n) is 22.8. The van der Waals surface area contributed by atoms with Crippen molar-refractivity contribution < 1.29 is 25.2 Å². The van der Waals surface area contributed by atoms with Gasteiger partial charge in [-0.25, -0.2) is 0 Å². The van der Waals surface area contributed by atoms with Gasteiger partial charge in [-0.05, 0) is 89.8 Å². The van der Waals surface area contributed by atoms with Crippen LogP contribution in [0.4, 0.5) is 0 Å². The largest absolute Gasteiger partial charge is 0.481 e. The van der Waals surface area contributed by atoms with E-state index in [1.54, 1.807) is 0 Å². The van der Waals surface area contributed by atoms with Gasteiger partial charge in [-0.3, -0.25) is 4.79 Å². The average molecular weight is 489 g/mol. The minimum absolute atomic E-state index is 0.00967. The summed E-state index contributed by atoms with van der Waals surface area (Å²) in [7, 11) is 0. The lowest BCUT2D eigenvalue weighted by molar-refractivity contribution is -0.249. The van der Waals surface area contributed by atoms with Crippen LogP contribution in [0.5, 0.6) is 0 Å². The highest BCUT2D eigenvalue weighted by Gasteiger charge is 2.72. The summed E-state index contributed by atoms with van der Waals surface area (Å²) >= 11 is 0. The number of hydrogen-bond donors (Lipinski definition) is 4. The number of aliphatic hydroxyl groups is 3. The summed E-state index contributed by atoms with van der Waals surface area (Å²) in [4.78, 5) is 12.8. The summed E-state index contributed by atoms with van der Waals surface area (Å²) in [5.74, 6) is -0.478. The van der Waals surface area contributed by atoms with Crippen LogP contribution in [0, 0.1) is 56.2 Å². The Morgan fingerprint density at radius 3 is 2.06 bits per heavy atom. The molecule has 4 fully saturated rings. The lowest BCUT2D eigenvalue weighted by Gasteiger charge is -2.72. The van der Waals surface area contributed by atoms with Gasteiger partial charge >= 0.3 is 5.97 Å². The van der Waals surface area contributed by atoms with E-state index < -0.39 is 29.7 Å². The first kappa shape index (κ1) is 25.7. The van der Waals surface area contributed by atoms with Crippen LogP contribution in [0.15, 0.2) is 12.2 Å². The lowest BCUT2D eigenvalue weighted by Crippen LogP contribution is -2.69. The fraction of sp³-hybridized carbons (Fsp3) is 0.900. The highest BCUT2D eigenvalue weighted by atomic mass is 16.4. The van der Waals surface area contributed by atoms with Crippen molar-refractivity contribution in [2.75, 3.05) is 0 Å². The molecule has 5 aliphatic carbocycles. The molecule has 5 heteroatoms. The molecular formula is C30H48O5. The third-order valence-electron chi connectivity index (χ3n) is 13.3. The fourth-order valence-corrected chi connectivity index (χ4v) is 10.8. The van der Waals surface area contributed by atoms with E-state index in [4.69, 9.17) is 0 Å². The number of hydrogen-bond acceptors (Lipinski definition) is 4. The van der Waals surface area contributed by atoms with Gasteiger partial charge in [-0.2, -0.15) is 0 Å². The molecule has 0 spiro atoms. The first-order chi connectivity index (χ1) is 16.0. The molecule has 0 aromatic heterocycles. The number of aliphatic carboxylic acids is 1. The molecule has 0 aromatic rings. The number of rotatable bonds is 1. The summed E-state index contributed by atoms with van der Waals surface area (Å²) < 4.78 is 0. The Balaban J connectivity index is 1.63. The van der Waals surface area contributed by atoms with E-state index in [1.807, 2.05) is 0 Å². The van der Waals surface area contributed by atoms with Crippen molar-refractivity contribution in [2.45, 2.75) is 112 Å². The molecule has 0 heterocycles. The molecule has 5 rings (SSSR count). The molecule has 0 saturated heterocycles. The molecule has 0 aromatic carbocycles. The second-order valence-corrected chi connectivity index (χ2v) is 15.3. The molecule has 0 amide bonds. The molecule has 11 atom stereocenters. The topological polar surface area (TPSA) is 98.0 Å². The van der Waals surface area contributed by atoms with Crippen molar-refractivity contribution in [3.05, 3.63) is 12.2 Å². The van der Waals surface area contributed by atoms with Crippen LogP contribution in [0.1, 0.15) is 93.4 Å². The van der Waals surface area contributed by atoms with E-state index in [0.717, 1.165) is 25.7 Å². The van der Waals surface area contributed by atoms with Crippen LogP contribution < -0.4 is 0 Å². The van der Waals surface area contributed by atoms with Crippen LogP contribution in [0.2, 0.25) is 0 Å². The molecule has 4 N–H and O–H groups in total. The van der Waals surface area contributed by atoms with Gasteiger partial charge < -0.3 is 20.4 Å². The van der Waals surface area contributed by atoms with Gasteiger partial charge in [-0.1, -0.05) is 60.6 Å². The van der Waals surface area contributed by atoms with E-state index in [9.17, 15) is 25.2 Å². The number of carboxylic acids is 1. The molecule has 4 saturated carbocycles. The standard InChI is InChI=1S/C30H48O5/c1-25(2)12-14-30(24(34)35)15-13-28(6)17(21(30)23(25)33)8-9-20-27(5)16-18(31)22(32)26(3,4)19(27)10-11-29(20,28)7/h8-9,17-23,31-33H,10-16H2,1-7H3,(H,34,35)/t17-,18+,19-,20+,21+,22+,23-,27-,28+,29+,30-/m0/s1. The zero-order chi connectivity index (χ0) is 26.0. The summed E-state index contributed by atoms with van der Waals surface area (Å²) in [6, 6.07) is 0. The average Bonchev–Trinajstić information content (AvgIpc) is 2.75. The number of fused-ring (bicyclic) bond motifs is 7. The van der Waals surface area contributed by atoms with E-state index in [1.165, 1.54) is 0 Å². The maximum atomic E-state index is 12.8. The Kier molecular flexibility index (Phi) is 5.40. The number of carboxylic acid groups (broad SMARTS) is 1. The molecule has 198 valence electrons. The highest BCUT2D eigenvalue weighted by molar-refractivity contribution is 5.76. The minimum Gasteiger partial charge on any atom is -0.481 e. The molecule has 5 aliphatic rings. The Morgan fingerprint density at radius 2 is 1.43 bits per heavy atom. The first-order valence-corrected chi connectivity index (χ1v) is 13.9. The van der Waals surface area contributed by atoms with Crippen molar-refractivity contribution in [3.63, 3.8) is 0 Å². The first-order valence-electron chi connectivity index (χ1n) is 13.9. The summed E-state index contributed by atoms with van der Waals surface area (Å²) in [6.07, 6.45) is 7.98. The Labute approximate surface area is 211 Å². The van der Waals surface area contributed by atoms with Crippen molar-refractivity contribution in [1.29, 1.82) is 0 Å². The quantitative estimate of drug-likeness (QED) is 0.388. The van der Waals surface area contributed by atoms with Gasteiger partial charge in [0.15, 0.2) is 0 Å². The van der Waals surface area contributed by atoms with Crippen molar-refractivity contribution in [3.8, 4) is 0 Å². The minimum atomic E-state index is -0.860. The second kappa shape index (κ2) is 7.35. The smallest absolute Gasteiger partial charge is 0.310 e. The maximum absolute atomic E-state index is 12.8. The van der Waals surface area contributed by atoms with Crippen molar-refractivity contribution in [1.82, 2.24) is 0 Å². The van der Waals surface area contributed by atoms with E-state index >= 15 is 0 Å². The SMILES string of the molecule is CC1(C)CC[C@]2(C(=O)O)CC[C@]3(C)[C@@H](C=C[C@@H]4[C@@]5(C)C[C@@H](O)[C@@H](O)C(C)(C)[C@@H]5CC[C@]43C)[C@@H]2[C@@H]1O. The van der Waals surface area contributed by atoms with E-state index in [0.29, 0.717) is 25.2 Å². The second-order valence-electron chi connectivity index (χ2n) is 15.3. The Morgan fingerprint density at radius 1 is 0.800 bits per heavy atom. The van der Waals surface area contributed by atoms with Gasteiger partial charge in [0, 0.05) is 5.92 Å². The molecule has 5 nitrogen and oxygen atoms in total. The van der Waals surface area contributed by atoms with Crippen LogP contribution >= 0.6 is 0 Å². The van der Waals surface area contributed by atoms with Crippen LogP contribution in [0.25, 0.3) is 0 Å². The van der Waals surface area contributed by atoms with E-state index in [-0.39, 0.29) is 44.8 Å². The zero-order valence-corrected chi connectivity index (χ0v) is 22.8. The van der Waals surface area contributed by atoms with Crippen LogP contribution in [-0.2, 0) is 4.79 Å². The van der Waals surface area contributed by atoms with Gasteiger partial charge in [0.2, 0.25) is 0 Å². The third-order valence-corrected chi connectivity index (χ3v) is 13.3. The normalized spacial score (nSPS) is 56.2. The maximum Gasteiger partial charge on any atom is 0.310 e. The molecule has 0 aliphatic heterocycles. The van der Waals surface area contributed by atoms with Crippen molar-refractivity contribution >= 4 is 5.97 Å². The van der Waals surface area contributed by atoms with Crippen molar-refractivity contribution in [2.24, 2.45) is 56.2 Å². The lowest BCUT2D eigenvalue weighted by atomic mass is 9.32. The summed E-state index contributed by atoms with van der Waals surface area (Å²) in [5.41, 5.74) is -1.88. The van der Waals surface area contributed by atoms with Gasteiger partial charge in [0.1, 0.15) is 0 Å². The van der Waals surface area contributed by atoms with E-state index in [2.05, 4.69) is 60.6 Å². The highest BCUT2D eigenvalue weighted by Crippen LogP contribution is 2.75. The molecule has 0 unspecified atom stereocenters. The van der Waals surface area contributed by atoms with Crippen LogP contribution in [-0.4, -0.2) is 44.7 Å². The molecular weight excluding hydrogens is 440 g/mol. The monoisotopic (exact) mass is 488 g/mol. The van der Waals surface area contributed by atoms with Gasteiger partial charge in [0.25, 0.3) is 0 Å². The summed E-state index contributed by atoms with van der Waals surface area (Å²) in [5, 5.41) is 44.0. The number of allylic oxidation sites excluding steroid dienone is 2. The molecule has 0 radical (unpaired) electrons. The number of carbonyl (C=O) groups is 1. The molecule has 35 heavy (non-hydrogen) atoms. The Hall–Kier alpha value is -0.910. The Bertz CT molecular complexity index is 939. The molecule has 0 bridgehead atoms. The third kappa shape index (κ3) is 2.95.